The lowest BCUT2D eigenvalue weighted by atomic mass is 9.74. The molecule has 1 aliphatic heterocycles. The van der Waals surface area contributed by atoms with Gasteiger partial charge in [0.05, 0.1) is 5.52 Å². The molecule has 0 aliphatic carbocycles. The fourth-order valence-corrected chi connectivity index (χ4v) is 3.88. The van der Waals surface area contributed by atoms with Crippen LogP contribution in [-0.2, 0) is 0 Å². The maximum Gasteiger partial charge on any atom is 0.139 e. The number of nitrogens with zero attached hydrogens (tertiary/aromatic N) is 3. The van der Waals surface area contributed by atoms with E-state index in [2.05, 4.69) is 53.2 Å². The van der Waals surface area contributed by atoms with Crippen LogP contribution in [0.4, 0.5) is 5.82 Å². The highest BCUT2D eigenvalue weighted by molar-refractivity contribution is 7.98. The second-order valence-corrected chi connectivity index (χ2v) is 7.91. The lowest BCUT2D eigenvalue weighted by Crippen LogP contribution is -2.42. The predicted octanol–water partition coefficient (Wildman–Crippen LogP) is 3.55. The van der Waals surface area contributed by atoms with Gasteiger partial charge < -0.3 is 10.6 Å². The van der Waals surface area contributed by atoms with E-state index in [1.807, 2.05) is 0 Å². The van der Waals surface area contributed by atoms with E-state index in [9.17, 15) is 0 Å². The number of hydrogen-bond donors (Lipinski definition) is 1. The number of rotatable bonds is 4. The van der Waals surface area contributed by atoms with Crippen molar-refractivity contribution in [3.8, 4) is 0 Å². The van der Waals surface area contributed by atoms with Crippen LogP contribution in [0.3, 0.4) is 0 Å². The molecular weight excluding hydrogens is 304 g/mol. The van der Waals surface area contributed by atoms with E-state index in [0.717, 1.165) is 36.4 Å². The van der Waals surface area contributed by atoms with E-state index >= 15 is 0 Å². The third-order valence-corrected chi connectivity index (χ3v) is 5.97. The summed E-state index contributed by atoms with van der Waals surface area (Å²) in [5.41, 5.74) is 7.21. The Balaban J connectivity index is 1.85. The van der Waals surface area contributed by atoms with Crippen molar-refractivity contribution in [1.29, 1.82) is 0 Å². The molecule has 1 aromatic heterocycles. The van der Waals surface area contributed by atoms with E-state index in [0.29, 0.717) is 5.92 Å². The van der Waals surface area contributed by atoms with Crippen LogP contribution < -0.4 is 10.6 Å². The fraction of sp³-hybridized carbons (Fsp3) is 0.556. The lowest BCUT2D eigenvalue weighted by Gasteiger charge is -2.40. The highest BCUT2D eigenvalue weighted by Crippen LogP contribution is 2.36. The summed E-state index contributed by atoms with van der Waals surface area (Å²) in [4.78, 5) is 12.7. The molecule has 124 valence electrons. The highest BCUT2D eigenvalue weighted by atomic mass is 32.2. The van der Waals surface area contributed by atoms with Gasteiger partial charge in [-0.1, -0.05) is 13.8 Å². The van der Waals surface area contributed by atoms with E-state index in [-0.39, 0.29) is 5.41 Å². The van der Waals surface area contributed by atoms with Crippen LogP contribution in [0.1, 0.15) is 26.7 Å². The minimum atomic E-state index is 0.228. The predicted molar refractivity (Wildman–Crippen MR) is 99.1 cm³/mol. The van der Waals surface area contributed by atoms with E-state index < -0.39 is 0 Å². The second kappa shape index (κ2) is 6.65. The molecule has 5 heteroatoms. The van der Waals surface area contributed by atoms with E-state index in [1.165, 1.54) is 17.7 Å². The standard InChI is InChI=1S/C18H26N4S/c1-18(2,11-19)13-6-8-22(9-7-13)17-15-10-14(23-3)4-5-16(15)20-12-21-17/h4-5,10,12-13H,6-9,11,19H2,1-3H3. The molecule has 23 heavy (non-hydrogen) atoms. The molecule has 2 N–H and O–H groups in total. The molecule has 0 radical (unpaired) electrons. The van der Waals surface area contributed by atoms with Crippen molar-refractivity contribution < 1.29 is 0 Å². The monoisotopic (exact) mass is 330 g/mol. The van der Waals surface area contributed by atoms with Gasteiger partial charge in [0.15, 0.2) is 0 Å². The Morgan fingerprint density at radius 2 is 2.00 bits per heavy atom. The van der Waals surface area contributed by atoms with Crippen molar-refractivity contribution in [2.24, 2.45) is 17.1 Å². The summed E-state index contributed by atoms with van der Waals surface area (Å²) in [6.45, 7) is 7.43. The highest BCUT2D eigenvalue weighted by Gasteiger charge is 2.32. The molecule has 1 saturated heterocycles. The first-order valence-corrected chi connectivity index (χ1v) is 9.51. The molecule has 0 saturated carbocycles. The number of hydrogen-bond acceptors (Lipinski definition) is 5. The number of fused-ring (bicyclic) bond motifs is 1. The summed E-state index contributed by atoms with van der Waals surface area (Å²) in [7, 11) is 0. The van der Waals surface area contributed by atoms with E-state index in [4.69, 9.17) is 5.73 Å². The molecule has 2 aromatic rings. The van der Waals surface area contributed by atoms with Crippen molar-refractivity contribution in [3.63, 3.8) is 0 Å². The van der Waals surface area contributed by atoms with Crippen molar-refractivity contribution in [2.45, 2.75) is 31.6 Å². The minimum Gasteiger partial charge on any atom is -0.356 e. The molecule has 0 unspecified atom stereocenters. The van der Waals surface area contributed by atoms with Gasteiger partial charge in [-0.25, -0.2) is 9.97 Å². The van der Waals surface area contributed by atoms with Gasteiger partial charge in [-0.3, -0.25) is 0 Å². The quantitative estimate of drug-likeness (QED) is 0.869. The van der Waals surface area contributed by atoms with Crippen LogP contribution in [0.2, 0.25) is 0 Å². The fourth-order valence-electron chi connectivity index (χ4n) is 3.44. The van der Waals surface area contributed by atoms with Crippen molar-refractivity contribution in [1.82, 2.24) is 9.97 Å². The second-order valence-electron chi connectivity index (χ2n) is 7.03. The largest absolute Gasteiger partial charge is 0.356 e. The average Bonchev–Trinajstić information content (AvgIpc) is 2.60. The number of aromatic nitrogens is 2. The maximum atomic E-state index is 5.95. The summed E-state index contributed by atoms with van der Waals surface area (Å²) in [5, 5.41) is 1.16. The Hall–Kier alpha value is -1.33. The first-order valence-electron chi connectivity index (χ1n) is 8.29. The topological polar surface area (TPSA) is 55.0 Å². The summed E-state index contributed by atoms with van der Waals surface area (Å²) in [6.07, 6.45) is 6.15. The first kappa shape index (κ1) is 16.5. The van der Waals surface area contributed by atoms with Gasteiger partial charge in [-0.2, -0.15) is 0 Å². The summed E-state index contributed by atoms with van der Waals surface area (Å²) in [5.74, 6) is 1.77. The van der Waals surface area contributed by atoms with Crippen molar-refractivity contribution in [2.75, 3.05) is 30.8 Å². The van der Waals surface area contributed by atoms with Gasteiger partial charge >= 0.3 is 0 Å². The smallest absolute Gasteiger partial charge is 0.139 e. The van der Waals surface area contributed by atoms with Crippen LogP contribution in [0.5, 0.6) is 0 Å². The first-order chi connectivity index (χ1) is 11.0. The molecule has 0 spiro atoms. The molecule has 1 aromatic carbocycles. The number of piperidine rings is 1. The zero-order valence-corrected chi connectivity index (χ0v) is 15.1. The maximum absolute atomic E-state index is 5.95. The zero-order valence-electron chi connectivity index (χ0n) is 14.2. The van der Waals surface area contributed by atoms with Crippen LogP contribution >= 0.6 is 11.8 Å². The number of thioether (sulfide) groups is 1. The van der Waals surface area contributed by atoms with Gasteiger partial charge in [0.1, 0.15) is 12.1 Å². The van der Waals surface area contributed by atoms with Crippen LogP contribution in [-0.4, -0.2) is 35.9 Å². The zero-order chi connectivity index (χ0) is 16.4. The molecule has 0 atom stereocenters. The number of nitrogens with two attached hydrogens (primary N) is 1. The van der Waals surface area contributed by atoms with Crippen LogP contribution in [0.25, 0.3) is 10.9 Å². The molecule has 3 rings (SSSR count). The normalized spacial score (nSPS) is 17.0. The van der Waals surface area contributed by atoms with Gasteiger partial charge in [0.25, 0.3) is 0 Å². The Morgan fingerprint density at radius 1 is 1.26 bits per heavy atom. The molecule has 1 aliphatic rings. The molecule has 0 amide bonds. The third kappa shape index (κ3) is 3.31. The number of benzene rings is 1. The van der Waals surface area contributed by atoms with Gasteiger partial charge in [0.2, 0.25) is 0 Å². The minimum absolute atomic E-state index is 0.228. The van der Waals surface area contributed by atoms with E-state index in [1.54, 1.807) is 18.1 Å². The molecule has 1 fully saturated rings. The van der Waals surface area contributed by atoms with Gasteiger partial charge in [0, 0.05) is 23.4 Å². The van der Waals surface area contributed by atoms with Gasteiger partial charge in [-0.05, 0) is 55.2 Å². The Bertz CT molecular complexity index is 678. The Kier molecular flexibility index (Phi) is 4.78. The summed E-state index contributed by atoms with van der Waals surface area (Å²) < 4.78 is 0. The molecule has 4 nitrogen and oxygen atoms in total. The van der Waals surface area contributed by atoms with Crippen LogP contribution in [0, 0.1) is 11.3 Å². The van der Waals surface area contributed by atoms with Gasteiger partial charge in [-0.15, -0.1) is 11.8 Å². The Labute approximate surface area is 142 Å². The average molecular weight is 331 g/mol. The molecular formula is C18H26N4S. The Morgan fingerprint density at radius 3 is 2.65 bits per heavy atom. The molecule has 0 bridgehead atoms. The summed E-state index contributed by atoms with van der Waals surface area (Å²) >= 11 is 1.76. The number of anilines is 1. The SMILES string of the molecule is CSc1ccc2ncnc(N3CCC(C(C)(C)CN)CC3)c2c1. The summed E-state index contributed by atoms with van der Waals surface area (Å²) in [6, 6.07) is 6.43. The van der Waals surface area contributed by atoms with Crippen molar-refractivity contribution in [3.05, 3.63) is 24.5 Å². The van der Waals surface area contributed by atoms with Crippen molar-refractivity contribution >= 4 is 28.5 Å². The molecule has 2 heterocycles. The van der Waals surface area contributed by atoms with Crippen LogP contribution in [0.15, 0.2) is 29.4 Å². The third-order valence-electron chi connectivity index (χ3n) is 5.25. The lowest BCUT2D eigenvalue weighted by molar-refractivity contribution is 0.184.